The molecule has 2 heteroatoms. The van der Waals surface area contributed by atoms with Crippen LogP contribution >= 0.6 is 11.6 Å². The maximum absolute atomic E-state index is 9.44. The highest BCUT2D eigenvalue weighted by Crippen LogP contribution is 2.58. The van der Waals surface area contributed by atoms with E-state index in [2.05, 4.69) is 19.9 Å². The van der Waals surface area contributed by atoms with Gasteiger partial charge in [0.15, 0.2) is 0 Å². The summed E-state index contributed by atoms with van der Waals surface area (Å²) in [6, 6.07) is 10.2. The van der Waals surface area contributed by atoms with Crippen molar-refractivity contribution in [3.63, 3.8) is 0 Å². The predicted molar refractivity (Wildman–Crippen MR) is 61.8 cm³/mol. The summed E-state index contributed by atoms with van der Waals surface area (Å²) >= 11 is 6.18. The lowest BCUT2D eigenvalue weighted by molar-refractivity contribution is 0.0760. The highest BCUT2D eigenvalue weighted by atomic mass is 35.5. The Kier molecular flexibility index (Phi) is 2.28. The Morgan fingerprint density at radius 3 is 2.33 bits per heavy atom. The first-order chi connectivity index (χ1) is 7.03. The molecule has 1 unspecified atom stereocenters. The van der Waals surface area contributed by atoms with Gasteiger partial charge in [-0.3, -0.25) is 0 Å². The van der Waals surface area contributed by atoms with Gasteiger partial charge in [0.25, 0.3) is 0 Å². The number of hydrogen-bond donors (Lipinski definition) is 0. The van der Waals surface area contributed by atoms with Gasteiger partial charge in [0.2, 0.25) is 0 Å². The van der Waals surface area contributed by atoms with Crippen LogP contribution < -0.4 is 0 Å². The molecule has 1 aliphatic rings. The Bertz CT molecular complexity index is 430. The monoisotopic (exact) mass is 219 g/mol. The highest BCUT2D eigenvalue weighted by Gasteiger charge is 2.55. The van der Waals surface area contributed by atoms with Crippen molar-refractivity contribution < 1.29 is 0 Å². The van der Waals surface area contributed by atoms with E-state index in [0.29, 0.717) is 5.02 Å². The van der Waals surface area contributed by atoms with Gasteiger partial charge in [-0.1, -0.05) is 43.6 Å². The first kappa shape index (κ1) is 10.5. The molecule has 0 N–H and O–H groups in total. The Morgan fingerprint density at radius 1 is 1.27 bits per heavy atom. The number of halogens is 1. The summed E-state index contributed by atoms with van der Waals surface area (Å²) in [5, 5.41) is 10.2. The molecule has 78 valence electrons. The van der Waals surface area contributed by atoms with Gasteiger partial charge in [-0.05, 0) is 29.9 Å². The van der Waals surface area contributed by atoms with Crippen molar-refractivity contribution in [2.24, 2.45) is 5.41 Å². The third-order valence-corrected chi connectivity index (χ3v) is 4.13. The standard InChI is InChI=1S/C13H14ClN/c1-12(2)7-8-13(12,9-15)10-5-3-4-6-11(10)14/h3-6H,7-8H2,1-2H3. The van der Waals surface area contributed by atoms with E-state index >= 15 is 0 Å². The van der Waals surface area contributed by atoms with Crippen molar-refractivity contribution in [2.75, 3.05) is 0 Å². The van der Waals surface area contributed by atoms with Gasteiger partial charge >= 0.3 is 0 Å². The van der Waals surface area contributed by atoms with Crippen LogP contribution in [0.2, 0.25) is 5.02 Å². The van der Waals surface area contributed by atoms with Crippen molar-refractivity contribution in [1.29, 1.82) is 5.26 Å². The van der Waals surface area contributed by atoms with E-state index in [1.54, 1.807) is 0 Å². The van der Waals surface area contributed by atoms with Gasteiger partial charge in [-0.15, -0.1) is 0 Å². The molecule has 0 amide bonds. The maximum atomic E-state index is 9.44. The molecule has 0 aromatic heterocycles. The molecule has 0 aliphatic heterocycles. The molecule has 1 aromatic rings. The smallest absolute Gasteiger partial charge is 0.0887 e. The van der Waals surface area contributed by atoms with Gasteiger partial charge in [0.05, 0.1) is 11.5 Å². The molecule has 0 radical (unpaired) electrons. The summed E-state index contributed by atoms with van der Waals surface area (Å²) in [7, 11) is 0. The molecular weight excluding hydrogens is 206 g/mol. The second kappa shape index (κ2) is 3.25. The first-order valence-electron chi connectivity index (χ1n) is 5.20. The van der Waals surface area contributed by atoms with E-state index < -0.39 is 0 Å². The van der Waals surface area contributed by atoms with E-state index in [0.717, 1.165) is 18.4 Å². The lowest BCUT2D eigenvalue weighted by Gasteiger charge is -2.52. The molecule has 1 saturated carbocycles. The van der Waals surface area contributed by atoms with Gasteiger partial charge < -0.3 is 0 Å². The largest absolute Gasteiger partial charge is 0.197 e. The SMILES string of the molecule is CC1(C)CCC1(C#N)c1ccccc1Cl. The number of hydrogen-bond acceptors (Lipinski definition) is 1. The molecule has 1 atom stereocenters. The number of nitrogens with zero attached hydrogens (tertiary/aromatic N) is 1. The molecule has 0 heterocycles. The first-order valence-corrected chi connectivity index (χ1v) is 5.58. The molecule has 1 fully saturated rings. The normalized spacial score (nSPS) is 27.9. The summed E-state index contributed by atoms with van der Waals surface area (Å²) in [6.45, 7) is 4.28. The average Bonchev–Trinajstić information content (AvgIpc) is 2.21. The molecule has 0 saturated heterocycles. The number of rotatable bonds is 1. The number of benzene rings is 1. The maximum Gasteiger partial charge on any atom is 0.0887 e. The minimum absolute atomic E-state index is 0.0345. The van der Waals surface area contributed by atoms with Crippen LogP contribution in [0, 0.1) is 16.7 Å². The number of nitriles is 1. The van der Waals surface area contributed by atoms with E-state index in [-0.39, 0.29) is 10.8 Å². The van der Waals surface area contributed by atoms with E-state index in [4.69, 9.17) is 11.6 Å². The fourth-order valence-corrected chi connectivity index (χ4v) is 2.75. The molecule has 1 aliphatic carbocycles. The van der Waals surface area contributed by atoms with Crippen molar-refractivity contribution in [2.45, 2.75) is 32.1 Å². The molecule has 0 spiro atoms. The van der Waals surface area contributed by atoms with Crippen LogP contribution in [0.5, 0.6) is 0 Å². The van der Waals surface area contributed by atoms with Crippen LogP contribution in [0.3, 0.4) is 0 Å². The summed E-state index contributed by atoms with van der Waals surface area (Å²) in [5.41, 5.74) is 0.642. The highest BCUT2D eigenvalue weighted by molar-refractivity contribution is 6.31. The minimum atomic E-state index is -0.384. The lowest BCUT2D eigenvalue weighted by Crippen LogP contribution is -2.50. The van der Waals surface area contributed by atoms with E-state index in [1.165, 1.54) is 0 Å². The zero-order valence-electron chi connectivity index (χ0n) is 9.05. The Hall–Kier alpha value is -1.00. The quantitative estimate of drug-likeness (QED) is 0.702. The predicted octanol–water partition coefficient (Wildman–Crippen LogP) is 3.92. The van der Waals surface area contributed by atoms with Gasteiger partial charge in [0, 0.05) is 5.02 Å². The third-order valence-electron chi connectivity index (χ3n) is 3.80. The van der Waals surface area contributed by atoms with Crippen molar-refractivity contribution >= 4 is 11.6 Å². The molecule has 1 aromatic carbocycles. The summed E-state index contributed by atoms with van der Waals surface area (Å²) < 4.78 is 0. The lowest BCUT2D eigenvalue weighted by atomic mass is 9.49. The van der Waals surface area contributed by atoms with E-state index in [9.17, 15) is 5.26 Å². The van der Waals surface area contributed by atoms with Crippen molar-refractivity contribution in [1.82, 2.24) is 0 Å². The Morgan fingerprint density at radius 2 is 1.93 bits per heavy atom. The summed E-state index contributed by atoms with van der Waals surface area (Å²) in [5.74, 6) is 0. The van der Waals surface area contributed by atoms with Crippen molar-refractivity contribution in [3.8, 4) is 6.07 Å². The van der Waals surface area contributed by atoms with Crippen LogP contribution in [0.4, 0.5) is 0 Å². The third kappa shape index (κ3) is 1.28. The summed E-state index contributed by atoms with van der Waals surface area (Å²) in [4.78, 5) is 0. The van der Waals surface area contributed by atoms with Gasteiger partial charge in [-0.2, -0.15) is 5.26 Å². The molecule has 0 bridgehead atoms. The zero-order valence-corrected chi connectivity index (χ0v) is 9.80. The van der Waals surface area contributed by atoms with Crippen LogP contribution in [-0.2, 0) is 5.41 Å². The molecule has 2 rings (SSSR count). The average molecular weight is 220 g/mol. The van der Waals surface area contributed by atoms with E-state index in [1.807, 2.05) is 24.3 Å². The van der Waals surface area contributed by atoms with Gasteiger partial charge in [0.1, 0.15) is 0 Å². The van der Waals surface area contributed by atoms with Crippen molar-refractivity contribution in [3.05, 3.63) is 34.9 Å². The minimum Gasteiger partial charge on any atom is -0.197 e. The Balaban J connectivity index is 2.55. The second-order valence-corrected chi connectivity index (χ2v) is 5.29. The second-order valence-electron chi connectivity index (χ2n) is 4.88. The van der Waals surface area contributed by atoms with Crippen LogP contribution in [0.25, 0.3) is 0 Å². The topological polar surface area (TPSA) is 23.8 Å². The van der Waals surface area contributed by atoms with Gasteiger partial charge in [-0.25, -0.2) is 0 Å². The zero-order chi connectivity index (χ0) is 11.1. The van der Waals surface area contributed by atoms with Crippen LogP contribution in [0.15, 0.2) is 24.3 Å². The van der Waals surface area contributed by atoms with Crippen LogP contribution in [0.1, 0.15) is 32.3 Å². The molecular formula is C13H14ClN. The molecule has 1 nitrogen and oxygen atoms in total. The fourth-order valence-electron chi connectivity index (χ4n) is 2.45. The van der Waals surface area contributed by atoms with Crippen LogP contribution in [-0.4, -0.2) is 0 Å². The summed E-state index contributed by atoms with van der Waals surface area (Å²) in [6.07, 6.45) is 2.01. The molecule has 15 heavy (non-hydrogen) atoms. The Labute approximate surface area is 95.7 Å². The fraction of sp³-hybridized carbons (Fsp3) is 0.462.